The first-order valence-corrected chi connectivity index (χ1v) is 10.2. The van der Waals surface area contributed by atoms with Crippen molar-refractivity contribution in [1.29, 1.82) is 0 Å². The highest BCUT2D eigenvalue weighted by Gasteiger charge is 2.40. The highest BCUT2D eigenvalue weighted by molar-refractivity contribution is 6.31. The van der Waals surface area contributed by atoms with Gasteiger partial charge in [0.15, 0.2) is 5.58 Å². The van der Waals surface area contributed by atoms with Crippen molar-refractivity contribution >= 4 is 28.6 Å². The Morgan fingerprint density at radius 1 is 1.30 bits per heavy atom. The van der Waals surface area contributed by atoms with Crippen molar-refractivity contribution in [1.82, 2.24) is 9.47 Å². The van der Waals surface area contributed by atoms with Crippen LogP contribution in [0.25, 0.3) is 11.1 Å². The lowest BCUT2D eigenvalue weighted by Gasteiger charge is -2.42. The van der Waals surface area contributed by atoms with Crippen LogP contribution in [0.15, 0.2) is 57.7 Å². The highest BCUT2D eigenvalue weighted by Crippen LogP contribution is 2.27. The maximum Gasteiger partial charge on any atom is 0.419 e. The van der Waals surface area contributed by atoms with E-state index in [4.69, 9.17) is 20.8 Å². The zero-order chi connectivity index (χ0) is 21.3. The van der Waals surface area contributed by atoms with E-state index in [-0.39, 0.29) is 25.4 Å². The van der Waals surface area contributed by atoms with Crippen molar-refractivity contribution in [3.8, 4) is 5.75 Å². The molecule has 30 heavy (non-hydrogen) atoms. The second-order valence-corrected chi connectivity index (χ2v) is 8.18. The summed E-state index contributed by atoms with van der Waals surface area (Å²) in [6.45, 7) is 2.63. The van der Waals surface area contributed by atoms with Crippen molar-refractivity contribution in [2.24, 2.45) is 0 Å². The Kier molecular flexibility index (Phi) is 5.58. The summed E-state index contributed by atoms with van der Waals surface area (Å²) < 4.78 is 12.6. The van der Waals surface area contributed by atoms with Gasteiger partial charge in [-0.15, -0.1) is 0 Å². The maximum absolute atomic E-state index is 12.8. The average Bonchev–Trinajstić information content (AvgIpc) is 3.02. The van der Waals surface area contributed by atoms with E-state index in [0.29, 0.717) is 34.8 Å². The zero-order valence-corrected chi connectivity index (χ0v) is 17.3. The summed E-state index contributed by atoms with van der Waals surface area (Å²) in [6, 6.07) is 14.2. The van der Waals surface area contributed by atoms with Crippen LogP contribution in [-0.4, -0.2) is 45.3 Å². The number of carbonyl (C=O) groups is 1. The van der Waals surface area contributed by atoms with E-state index in [2.05, 4.69) is 0 Å². The Bertz CT molecular complexity index is 1110. The predicted molar refractivity (Wildman–Crippen MR) is 113 cm³/mol. The summed E-state index contributed by atoms with van der Waals surface area (Å²) in [5.74, 6) is 0.0152. The molecule has 3 aromatic rings. The number of ether oxygens (including phenoxy) is 1. The first-order chi connectivity index (χ1) is 14.3. The Labute approximate surface area is 178 Å². The highest BCUT2D eigenvalue weighted by atomic mass is 35.5. The zero-order valence-electron chi connectivity index (χ0n) is 16.6. The SMILES string of the molecule is C[C@]1(O)CCN(C(=O)CCn2c(=O)oc3cc(Cl)ccc32)C[C@@H]1Oc1ccccc1. The van der Waals surface area contributed by atoms with Crippen molar-refractivity contribution in [2.45, 2.75) is 38.0 Å². The molecule has 1 aliphatic rings. The summed E-state index contributed by atoms with van der Waals surface area (Å²) >= 11 is 5.94. The van der Waals surface area contributed by atoms with Gasteiger partial charge in [0.25, 0.3) is 0 Å². The number of para-hydroxylation sites is 1. The number of aromatic nitrogens is 1. The molecule has 7 nitrogen and oxygen atoms in total. The van der Waals surface area contributed by atoms with E-state index < -0.39 is 17.5 Å². The van der Waals surface area contributed by atoms with Gasteiger partial charge in [0.2, 0.25) is 5.91 Å². The fourth-order valence-electron chi connectivity index (χ4n) is 3.68. The molecule has 158 valence electrons. The topological polar surface area (TPSA) is 84.9 Å². The van der Waals surface area contributed by atoms with Crippen LogP contribution in [-0.2, 0) is 11.3 Å². The summed E-state index contributed by atoms with van der Waals surface area (Å²) in [7, 11) is 0. The minimum atomic E-state index is -1.04. The molecule has 2 aromatic carbocycles. The number of likely N-dealkylation sites (tertiary alicyclic amines) is 1. The van der Waals surface area contributed by atoms with Gasteiger partial charge in [-0.3, -0.25) is 9.36 Å². The van der Waals surface area contributed by atoms with Crippen LogP contribution in [0.2, 0.25) is 5.02 Å². The van der Waals surface area contributed by atoms with E-state index in [1.807, 2.05) is 30.3 Å². The molecule has 0 unspecified atom stereocenters. The van der Waals surface area contributed by atoms with Crippen LogP contribution in [0.4, 0.5) is 0 Å². The molecule has 1 N–H and O–H groups in total. The lowest BCUT2D eigenvalue weighted by molar-refractivity contribution is -0.143. The number of rotatable bonds is 5. The fraction of sp³-hybridized carbons (Fsp3) is 0.364. The van der Waals surface area contributed by atoms with Crippen LogP contribution >= 0.6 is 11.6 Å². The Morgan fingerprint density at radius 3 is 2.83 bits per heavy atom. The van der Waals surface area contributed by atoms with Crippen molar-refractivity contribution < 1.29 is 19.1 Å². The number of benzene rings is 2. The first-order valence-electron chi connectivity index (χ1n) is 9.84. The number of fused-ring (bicyclic) bond motifs is 1. The van der Waals surface area contributed by atoms with E-state index in [9.17, 15) is 14.7 Å². The second-order valence-electron chi connectivity index (χ2n) is 7.75. The molecule has 0 bridgehead atoms. The van der Waals surface area contributed by atoms with Crippen molar-refractivity contribution in [2.75, 3.05) is 13.1 Å². The van der Waals surface area contributed by atoms with Gasteiger partial charge >= 0.3 is 5.76 Å². The molecule has 1 amide bonds. The number of amides is 1. The Hall–Kier alpha value is -2.77. The van der Waals surface area contributed by atoms with Crippen LogP contribution in [0, 0.1) is 0 Å². The minimum absolute atomic E-state index is 0.109. The van der Waals surface area contributed by atoms with Gasteiger partial charge in [0, 0.05) is 30.6 Å². The molecule has 1 fully saturated rings. The minimum Gasteiger partial charge on any atom is -0.486 e. The third kappa shape index (κ3) is 4.22. The summed E-state index contributed by atoms with van der Waals surface area (Å²) in [5, 5.41) is 11.2. The predicted octanol–water partition coefficient (Wildman–Crippen LogP) is 3.07. The number of carbonyl (C=O) groups excluding carboxylic acids is 1. The molecule has 0 saturated carbocycles. The van der Waals surface area contributed by atoms with E-state index in [1.54, 1.807) is 30.0 Å². The molecule has 8 heteroatoms. The third-order valence-corrected chi connectivity index (χ3v) is 5.76. The van der Waals surface area contributed by atoms with Gasteiger partial charge in [-0.25, -0.2) is 4.79 Å². The van der Waals surface area contributed by atoms with E-state index in [0.717, 1.165) is 0 Å². The molecular formula is C22H23ClN2O5. The number of halogens is 1. The Balaban J connectivity index is 1.44. The van der Waals surface area contributed by atoms with Gasteiger partial charge in [-0.05, 0) is 37.6 Å². The molecule has 0 aliphatic carbocycles. The number of nitrogens with zero attached hydrogens (tertiary/aromatic N) is 2. The molecule has 1 aromatic heterocycles. The average molecular weight is 431 g/mol. The lowest BCUT2D eigenvalue weighted by Crippen LogP contribution is -2.57. The molecule has 0 radical (unpaired) electrons. The van der Waals surface area contributed by atoms with Gasteiger partial charge in [-0.1, -0.05) is 29.8 Å². The monoisotopic (exact) mass is 430 g/mol. The van der Waals surface area contributed by atoms with Gasteiger partial charge in [0.1, 0.15) is 17.5 Å². The van der Waals surface area contributed by atoms with Crippen LogP contribution in [0.1, 0.15) is 19.8 Å². The molecule has 4 rings (SSSR count). The fourth-order valence-corrected chi connectivity index (χ4v) is 3.84. The number of piperidine rings is 1. The molecule has 2 heterocycles. The molecule has 0 spiro atoms. The second kappa shape index (κ2) is 8.16. The van der Waals surface area contributed by atoms with Gasteiger partial charge in [0.05, 0.1) is 12.1 Å². The summed E-state index contributed by atoms with van der Waals surface area (Å²) in [6.07, 6.45) is -0.00188. The van der Waals surface area contributed by atoms with E-state index in [1.165, 1.54) is 4.57 Å². The largest absolute Gasteiger partial charge is 0.486 e. The van der Waals surface area contributed by atoms with Crippen molar-refractivity contribution in [3.63, 3.8) is 0 Å². The normalized spacial score (nSPS) is 21.7. The quantitative estimate of drug-likeness (QED) is 0.672. The van der Waals surface area contributed by atoms with Gasteiger partial charge < -0.3 is 19.2 Å². The number of hydrogen-bond donors (Lipinski definition) is 1. The molecule has 2 atom stereocenters. The maximum atomic E-state index is 12.8. The smallest absolute Gasteiger partial charge is 0.419 e. The first kappa shape index (κ1) is 20.5. The van der Waals surface area contributed by atoms with Crippen molar-refractivity contribution in [3.05, 3.63) is 64.1 Å². The molecule has 1 aliphatic heterocycles. The summed E-state index contributed by atoms with van der Waals surface area (Å²) in [5.41, 5.74) is -0.0433. The number of hydrogen-bond acceptors (Lipinski definition) is 5. The summed E-state index contributed by atoms with van der Waals surface area (Å²) in [4.78, 5) is 26.7. The standard InChI is InChI=1S/C22H23ClN2O5/c1-22(28)10-12-24(14-19(22)29-16-5-3-2-4-6-16)20(26)9-11-25-17-8-7-15(23)13-18(17)30-21(25)27/h2-8,13,19,28H,9-12,14H2,1H3/t19-,22-/m0/s1. The van der Waals surface area contributed by atoms with Crippen LogP contribution in [0.3, 0.4) is 0 Å². The Morgan fingerprint density at radius 2 is 2.07 bits per heavy atom. The van der Waals surface area contributed by atoms with Crippen LogP contribution in [0.5, 0.6) is 5.75 Å². The number of aliphatic hydroxyl groups is 1. The molecule has 1 saturated heterocycles. The number of oxazole rings is 1. The van der Waals surface area contributed by atoms with Crippen LogP contribution < -0.4 is 10.5 Å². The lowest BCUT2D eigenvalue weighted by atomic mass is 9.90. The third-order valence-electron chi connectivity index (χ3n) is 5.52. The van der Waals surface area contributed by atoms with Gasteiger partial charge in [-0.2, -0.15) is 0 Å². The molecular weight excluding hydrogens is 408 g/mol. The van der Waals surface area contributed by atoms with E-state index >= 15 is 0 Å². The number of aryl methyl sites for hydroxylation is 1.